The van der Waals surface area contributed by atoms with Crippen LogP contribution in [-0.4, -0.2) is 53.1 Å². The Balaban J connectivity index is 2.12. The molecule has 18 heavy (non-hydrogen) atoms. The fourth-order valence-electron chi connectivity index (χ4n) is 1.91. The molecule has 0 unspecified atom stereocenters. The van der Waals surface area contributed by atoms with E-state index in [9.17, 15) is 20.0 Å². The Bertz CT molecular complexity index is 472. The predicted molar refractivity (Wildman–Crippen MR) is 60.1 cm³/mol. The summed E-state index contributed by atoms with van der Waals surface area (Å²) in [7, 11) is 1.53. The monoisotopic (exact) mass is 255 g/mol. The van der Waals surface area contributed by atoms with Crippen LogP contribution in [0.25, 0.3) is 0 Å². The predicted octanol–water partition coefficient (Wildman–Crippen LogP) is -0.408. The first-order chi connectivity index (χ1) is 8.50. The number of amides is 1. The molecule has 0 spiro atoms. The molecule has 2 atom stereocenters. The number of hydrogen-bond donors (Lipinski definition) is 2. The largest absolute Gasteiger partial charge is 0.433 e. The quantitative estimate of drug-likeness (QED) is 0.561. The highest BCUT2D eigenvalue weighted by Gasteiger charge is 2.33. The van der Waals surface area contributed by atoms with E-state index in [1.807, 2.05) is 0 Å². The van der Waals surface area contributed by atoms with Crippen molar-refractivity contribution >= 4 is 11.8 Å². The number of nitrogens with zero attached hydrogens (tertiary/aromatic N) is 2. The van der Waals surface area contributed by atoms with Gasteiger partial charge in [0.15, 0.2) is 5.76 Å². The average Bonchev–Trinajstić information content (AvgIpc) is 2.95. The van der Waals surface area contributed by atoms with Gasteiger partial charge in [-0.2, -0.15) is 0 Å². The number of β-amino-alcohol motifs (C(OH)–C–C–N with tert-alkyl or cyclic N) is 1. The Kier molecular flexibility index (Phi) is 3.30. The molecule has 0 aliphatic carbocycles. The van der Waals surface area contributed by atoms with Crippen LogP contribution in [0.1, 0.15) is 10.6 Å². The number of aliphatic hydroxyl groups is 1. The van der Waals surface area contributed by atoms with Crippen molar-refractivity contribution in [3.63, 3.8) is 0 Å². The summed E-state index contributed by atoms with van der Waals surface area (Å²) < 4.78 is 4.83. The average molecular weight is 255 g/mol. The Labute approximate surface area is 102 Å². The highest BCUT2D eigenvalue weighted by atomic mass is 16.6. The van der Waals surface area contributed by atoms with Crippen LogP contribution in [0.5, 0.6) is 0 Å². The van der Waals surface area contributed by atoms with Crippen molar-refractivity contribution < 1.29 is 19.2 Å². The molecule has 8 heteroatoms. The molecular weight excluding hydrogens is 242 g/mol. The summed E-state index contributed by atoms with van der Waals surface area (Å²) in [5, 5.41) is 23.1. The van der Waals surface area contributed by atoms with E-state index in [4.69, 9.17) is 4.42 Å². The number of nitro groups is 1. The first kappa shape index (κ1) is 12.5. The second-order valence-corrected chi connectivity index (χ2v) is 4.10. The normalized spacial score (nSPS) is 23.0. The van der Waals surface area contributed by atoms with Gasteiger partial charge in [-0.3, -0.25) is 14.9 Å². The molecule has 1 amide bonds. The molecule has 1 fully saturated rings. The number of carbonyl (C=O) groups excluding carboxylic acids is 1. The number of nitrogens with one attached hydrogen (secondary N) is 1. The maximum absolute atomic E-state index is 12.0. The van der Waals surface area contributed by atoms with E-state index in [0.29, 0.717) is 13.1 Å². The number of carbonyl (C=O) groups is 1. The van der Waals surface area contributed by atoms with Crippen LogP contribution < -0.4 is 5.32 Å². The van der Waals surface area contributed by atoms with Gasteiger partial charge in [-0.25, -0.2) is 0 Å². The molecule has 2 N–H and O–H groups in total. The third-order valence-corrected chi connectivity index (χ3v) is 2.95. The van der Waals surface area contributed by atoms with E-state index in [0.717, 1.165) is 6.07 Å². The van der Waals surface area contributed by atoms with Crippen LogP contribution in [0.3, 0.4) is 0 Å². The van der Waals surface area contributed by atoms with Gasteiger partial charge in [0.2, 0.25) is 0 Å². The Morgan fingerprint density at radius 2 is 2.33 bits per heavy atom. The van der Waals surface area contributed by atoms with E-state index in [2.05, 4.69) is 5.32 Å². The lowest BCUT2D eigenvalue weighted by molar-refractivity contribution is -0.402. The molecule has 0 aromatic carbocycles. The lowest BCUT2D eigenvalue weighted by atomic mass is 10.2. The summed E-state index contributed by atoms with van der Waals surface area (Å²) in [6.07, 6.45) is -0.649. The van der Waals surface area contributed by atoms with Crippen LogP contribution in [0.15, 0.2) is 16.5 Å². The molecule has 1 aromatic rings. The van der Waals surface area contributed by atoms with Crippen molar-refractivity contribution in [3.8, 4) is 0 Å². The highest BCUT2D eigenvalue weighted by molar-refractivity contribution is 5.91. The van der Waals surface area contributed by atoms with Gasteiger partial charge in [0.05, 0.1) is 18.2 Å². The van der Waals surface area contributed by atoms with Crippen molar-refractivity contribution in [3.05, 3.63) is 28.0 Å². The van der Waals surface area contributed by atoms with Gasteiger partial charge in [-0.15, -0.1) is 0 Å². The van der Waals surface area contributed by atoms with Crippen LogP contribution in [-0.2, 0) is 0 Å². The minimum atomic E-state index is -0.706. The minimum Gasteiger partial charge on any atom is -0.395 e. The Hall–Kier alpha value is -1.93. The minimum absolute atomic E-state index is 0.108. The summed E-state index contributed by atoms with van der Waals surface area (Å²) in [4.78, 5) is 23.1. The molecule has 2 rings (SSSR count). The van der Waals surface area contributed by atoms with Gasteiger partial charge in [-0.05, 0) is 6.07 Å². The van der Waals surface area contributed by atoms with Crippen LogP contribution in [0.4, 0.5) is 5.88 Å². The molecule has 8 nitrogen and oxygen atoms in total. The van der Waals surface area contributed by atoms with Gasteiger partial charge in [0.1, 0.15) is 4.92 Å². The van der Waals surface area contributed by atoms with Gasteiger partial charge in [0, 0.05) is 20.1 Å². The summed E-state index contributed by atoms with van der Waals surface area (Å²) in [6.45, 7) is 0.896. The zero-order valence-corrected chi connectivity index (χ0v) is 9.70. The third-order valence-electron chi connectivity index (χ3n) is 2.95. The fraction of sp³-hybridized carbons (Fsp3) is 0.500. The molecule has 1 aliphatic heterocycles. The van der Waals surface area contributed by atoms with E-state index in [1.54, 1.807) is 0 Å². The summed E-state index contributed by atoms with van der Waals surface area (Å²) >= 11 is 0. The highest BCUT2D eigenvalue weighted by Crippen LogP contribution is 2.18. The zero-order valence-electron chi connectivity index (χ0n) is 9.70. The van der Waals surface area contributed by atoms with E-state index in [1.165, 1.54) is 18.0 Å². The Morgan fingerprint density at radius 3 is 2.83 bits per heavy atom. The van der Waals surface area contributed by atoms with E-state index in [-0.39, 0.29) is 11.8 Å². The van der Waals surface area contributed by atoms with Crippen molar-refractivity contribution in [1.29, 1.82) is 0 Å². The maximum atomic E-state index is 12.0. The first-order valence-corrected chi connectivity index (χ1v) is 5.41. The summed E-state index contributed by atoms with van der Waals surface area (Å²) in [5.74, 6) is -1.07. The number of likely N-dealkylation sites (N-methyl/N-ethyl adjacent to an activating group) is 1. The molecule has 1 saturated heterocycles. The second kappa shape index (κ2) is 4.75. The third kappa shape index (κ3) is 2.20. The van der Waals surface area contributed by atoms with Crippen LogP contribution >= 0.6 is 0 Å². The molecular formula is C10H13N3O5. The van der Waals surface area contributed by atoms with Crippen molar-refractivity contribution in [2.24, 2.45) is 0 Å². The molecule has 0 radical (unpaired) electrons. The number of hydrogen-bond acceptors (Lipinski definition) is 6. The summed E-state index contributed by atoms with van der Waals surface area (Å²) in [6, 6.07) is 2.03. The topological polar surface area (TPSA) is 109 Å². The maximum Gasteiger partial charge on any atom is 0.433 e. The SMILES string of the molecule is CN(C(=O)c1ccc([N+](=O)[O-])o1)[C@H]1CNC[C@@H]1O. The van der Waals surface area contributed by atoms with Gasteiger partial charge in [0.25, 0.3) is 5.91 Å². The molecule has 0 saturated carbocycles. The lowest BCUT2D eigenvalue weighted by Gasteiger charge is -2.25. The van der Waals surface area contributed by atoms with E-state index >= 15 is 0 Å². The van der Waals surface area contributed by atoms with Crippen molar-refractivity contribution in [1.82, 2.24) is 10.2 Å². The number of furan rings is 1. The Morgan fingerprint density at radius 1 is 1.61 bits per heavy atom. The number of aliphatic hydroxyl groups excluding tert-OH is 1. The lowest BCUT2D eigenvalue weighted by Crippen LogP contribution is -2.44. The molecule has 0 bridgehead atoms. The van der Waals surface area contributed by atoms with Gasteiger partial charge >= 0.3 is 5.88 Å². The molecule has 98 valence electrons. The molecule has 2 heterocycles. The van der Waals surface area contributed by atoms with Crippen molar-refractivity contribution in [2.75, 3.05) is 20.1 Å². The summed E-state index contributed by atoms with van der Waals surface area (Å²) in [5.41, 5.74) is 0. The smallest absolute Gasteiger partial charge is 0.395 e. The standard InChI is InChI=1S/C10H13N3O5/c1-12(6-4-11-5-7(6)14)10(15)8-2-3-9(18-8)13(16)17/h2-3,6-7,11,14H,4-5H2,1H3/t6-,7-/m0/s1. The number of rotatable bonds is 3. The zero-order chi connectivity index (χ0) is 13.3. The fourth-order valence-corrected chi connectivity index (χ4v) is 1.91. The molecule has 1 aliphatic rings. The van der Waals surface area contributed by atoms with Gasteiger partial charge < -0.3 is 19.7 Å². The van der Waals surface area contributed by atoms with E-state index < -0.39 is 22.8 Å². The first-order valence-electron chi connectivity index (χ1n) is 5.41. The van der Waals surface area contributed by atoms with Crippen LogP contribution in [0.2, 0.25) is 0 Å². The van der Waals surface area contributed by atoms with Crippen molar-refractivity contribution in [2.45, 2.75) is 12.1 Å². The van der Waals surface area contributed by atoms with Gasteiger partial charge in [-0.1, -0.05) is 0 Å². The second-order valence-electron chi connectivity index (χ2n) is 4.10. The van der Waals surface area contributed by atoms with Crippen LogP contribution in [0, 0.1) is 10.1 Å². The molecule has 1 aromatic heterocycles.